The molecule has 43 heteroatoms. The molecule has 0 spiro atoms. The minimum atomic E-state index is -1.85. The summed E-state index contributed by atoms with van der Waals surface area (Å²) in [7, 11) is 5.28. The van der Waals surface area contributed by atoms with Crippen LogP contribution in [-0.2, 0) is 107 Å². The van der Waals surface area contributed by atoms with E-state index in [1.807, 2.05) is 13.8 Å². The molecular formula is C95H132N24O18S. The number of thioether (sulfide) groups is 1. The second-order valence-corrected chi connectivity index (χ2v) is 36.5. The first-order chi connectivity index (χ1) is 65.9. The average molecular weight is 1930 g/mol. The number of likely N-dealkylation sites (N-methyl/N-ethyl adjacent to an activating group) is 4. The number of nitrogens with one attached hydrogen (secondary N) is 14. The molecule has 138 heavy (non-hydrogen) atoms. The molecule has 2 fully saturated rings. The zero-order valence-electron chi connectivity index (χ0n) is 79.3. The Balaban J connectivity index is 1.10. The monoisotopic (exact) mass is 1930 g/mol. The smallest absolute Gasteiger partial charge is 0.246 e. The predicted molar refractivity (Wildman–Crippen MR) is 514 cm³/mol. The first-order valence-corrected chi connectivity index (χ1v) is 47.5. The van der Waals surface area contributed by atoms with Crippen LogP contribution in [0.25, 0.3) is 21.8 Å². The van der Waals surface area contributed by atoms with E-state index in [1.165, 1.54) is 52.5 Å². The third kappa shape index (κ3) is 30.9. The van der Waals surface area contributed by atoms with Crippen molar-refractivity contribution >= 4 is 134 Å². The summed E-state index contributed by atoms with van der Waals surface area (Å²) < 4.78 is 0. The van der Waals surface area contributed by atoms with Crippen LogP contribution in [0.3, 0.4) is 0 Å². The van der Waals surface area contributed by atoms with Crippen LogP contribution in [-0.4, -0.2) is 307 Å². The van der Waals surface area contributed by atoms with E-state index in [2.05, 4.69) is 78.4 Å². The van der Waals surface area contributed by atoms with Gasteiger partial charge in [-0.25, -0.2) is 4.98 Å². The predicted octanol–water partition coefficient (Wildman–Crippen LogP) is -1.44. The van der Waals surface area contributed by atoms with Gasteiger partial charge in [0.25, 0.3) is 0 Å². The van der Waals surface area contributed by atoms with Crippen molar-refractivity contribution in [2.24, 2.45) is 28.9 Å². The molecule has 1 unspecified atom stereocenters. The van der Waals surface area contributed by atoms with Crippen LogP contribution in [0.1, 0.15) is 139 Å². The first-order valence-electron chi connectivity index (χ1n) is 46.4. The molecule has 0 saturated carbocycles. The number of fused-ring (bicyclic) bond motifs is 3. The molecule has 14 atom stereocenters. The van der Waals surface area contributed by atoms with Crippen LogP contribution in [0.15, 0.2) is 134 Å². The fourth-order valence-electron chi connectivity index (χ4n) is 16.8. The van der Waals surface area contributed by atoms with Crippen molar-refractivity contribution in [3.05, 3.63) is 162 Å². The highest BCUT2D eigenvalue weighted by Crippen LogP contribution is 2.34. The van der Waals surface area contributed by atoms with E-state index in [1.54, 1.807) is 135 Å². The number of hydrogen-bond donors (Lipinski definition) is 19. The number of benzene rings is 4. The lowest BCUT2D eigenvalue weighted by Crippen LogP contribution is -2.61. The van der Waals surface area contributed by atoms with E-state index < -0.39 is 229 Å². The summed E-state index contributed by atoms with van der Waals surface area (Å²) in [6.45, 7) is 5.96. The number of primary amides is 2. The highest BCUT2D eigenvalue weighted by molar-refractivity contribution is 8.00. The largest absolute Gasteiger partial charge is 0.394 e. The third-order valence-electron chi connectivity index (χ3n) is 24.5. The molecule has 4 aromatic carbocycles. The van der Waals surface area contributed by atoms with Crippen LogP contribution in [0, 0.1) is 5.92 Å². The summed E-state index contributed by atoms with van der Waals surface area (Å²) in [5.41, 5.74) is 26.9. The number of amides is 17. The number of imidazole rings is 1. The van der Waals surface area contributed by atoms with Crippen molar-refractivity contribution in [3.63, 3.8) is 0 Å². The Morgan fingerprint density at radius 1 is 0.522 bits per heavy atom. The number of hydrogen-bond acceptors (Lipinski definition) is 23. The number of carbonyl (C=O) groups excluding carboxylic acids is 17. The molecule has 2 aliphatic rings. The summed E-state index contributed by atoms with van der Waals surface area (Å²) >= 11 is 0.804. The number of aliphatic hydroxyl groups is 1. The Hall–Kier alpha value is -13.7. The van der Waals surface area contributed by atoms with Gasteiger partial charge in [0, 0.05) is 118 Å². The summed E-state index contributed by atoms with van der Waals surface area (Å²) in [5.74, 6) is -17.3. The van der Waals surface area contributed by atoms with Crippen molar-refractivity contribution < 1.29 is 86.6 Å². The number of H-pyrrole nitrogens is 3. The average Bonchev–Trinajstić information content (AvgIpc) is 1.48. The number of aromatic amines is 3. The number of aromatic nitrogens is 4. The van der Waals surface area contributed by atoms with Crippen LogP contribution in [0.2, 0.25) is 0 Å². The molecule has 0 aliphatic carbocycles. The van der Waals surface area contributed by atoms with Gasteiger partial charge in [0.2, 0.25) is 100 Å². The number of nitrogens with zero attached hydrogens (tertiary/aromatic N) is 6. The second-order valence-electron chi connectivity index (χ2n) is 35.5. The highest BCUT2D eigenvalue weighted by atomic mass is 32.2. The van der Waals surface area contributed by atoms with Gasteiger partial charge in [-0.15, -0.1) is 11.8 Å². The van der Waals surface area contributed by atoms with Gasteiger partial charge in [-0.05, 0) is 92.3 Å². The Morgan fingerprint density at radius 2 is 1.05 bits per heavy atom. The van der Waals surface area contributed by atoms with E-state index in [-0.39, 0.29) is 83.2 Å². The van der Waals surface area contributed by atoms with Gasteiger partial charge in [-0.1, -0.05) is 150 Å². The fourth-order valence-corrected chi connectivity index (χ4v) is 17.7. The van der Waals surface area contributed by atoms with Crippen LogP contribution >= 0.6 is 11.8 Å². The molecule has 7 aromatic rings. The van der Waals surface area contributed by atoms with E-state index in [9.17, 15) is 33.9 Å². The SMILES string of the molecule is CCCC[C@H]1C(=O)N(C)[C@@H](CCCC)C(=O)N[C@@H](CCCNC(N)N)C(=O)N[C@H](C(=O)NCC(N)=O)CSCC(=O)N[C@@H](Cc2ccccc2)C(=O)N(C)[C@@H](C)C(=O)N[C@@H](CC(N)=O)C(=O)N2C[C@H](c3ccccc3)CC2C(=O)N[C@@H](Cc2cnc[nH]2)C(=O)N[C@@H](CC(C)C)C(=O)N(C)CC(=O)N[C@@H](Cc2c[nH]c3ccccc23)C(=O)N[C@@H](CO)C(=O)N[C@@H](Cc2c[nH]c3ccccc23)C(=O)N1C. The maximum absolute atomic E-state index is 15.7. The van der Waals surface area contributed by atoms with Crippen molar-refractivity contribution in [3.8, 4) is 0 Å². The normalized spacial score (nSPS) is 23.6. The van der Waals surface area contributed by atoms with Crippen molar-refractivity contribution in [2.45, 2.75) is 222 Å². The molecule has 2 saturated heterocycles. The van der Waals surface area contributed by atoms with Crippen LogP contribution < -0.4 is 81.4 Å². The van der Waals surface area contributed by atoms with E-state index >= 15 is 52.7 Å². The lowest BCUT2D eigenvalue weighted by molar-refractivity contribution is -0.149. The van der Waals surface area contributed by atoms with Gasteiger partial charge < -0.3 is 121 Å². The van der Waals surface area contributed by atoms with Crippen LogP contribution in [0.5, 0.6) is 0 Å². The molecular weight excluding hydrogens is 1800 g/mol. The molecule has 9 rings (SSSR count). The number of para-hydroxylation sites is 2. The third-order valence-corrected chi connectivity index (χ3v) is 25.6. The quantitative estimate of drug-likeness (QED) is 0.0197. The first kappa shape index (κ1) is 108. The number of rotatable bonds is 28. The van der Waals surface area contributed by atoms with Gasteiger partial charge >= 0.3 is 0 Å². The molecule has 2 aliphatic heterocycles. The maximum atomic E-state index is 15.7. The summed E-state index contributed by atoms with van der Waals surface area (Å²) in [5, 5.41) is 42.2. The maximum Gasteiger partial charge on any atom is 0.246 e. The topological polar surface area (TPSA) is 623 Å². The fraction of sp³-hybridized carbons (Fsp3) is 0.495. The molecule has 746 valence electrons. The van der Waals surface area contributed by atoms with Gasteiger partial charge in [-0.2, -0.15) is 0 Å². The molecule has 0 bridgehead atoms. The molecule has 17 amide bonds. The molecule has 0 radical (unpaired) electrons. The lowest BCUT2D eigenvalue weighted by Gasteiger charge is -2.36. The highest BCUT2D eigenvalue weighted by Gasteiger charge is 2.46. The lowest BCUT2D eigenvalue weighted by atomic mass is 9.96. The van der Waals surface area contributed by atoms with Gasteiger partial charge in [0.15, 0.2) is 0 Å². The standard InChI is InChI=1S/C95H132N24O18S/c1-10-12-34-75-88(131)108-66(33-24-36-101-95(98)99)84(127)114-74(83(126)104-47-79(97)122)51-138-52-81(124)107-70(38-56-25-16-14-17-26-56)91(134)116(7)55(5)82(125)110-72(43-78(96)121)93(136)119-48-60(57-27-18-15-19-28-57)41-77(119)89(132)109-68(42-61-46-100-53-105-61)86(129)111-69(37-54(3)4)90(133)115(6)49-80(123)106-67(39-58-44-102-64-31-22-20-29-62(58)64)85(128)113-73(50-120)87(130)112-71(40-59-45-103-65-32-23-21-30-63(59)65)92(135)118(9)76(35-13-11-2)94(137)117(75)8/h14-23,25-32,44-46,53-55,60,66-77,95,101-103,120H,10-13,24,33-43,47-52,98-99H2,1-9H3,(H2,96,121)(H2,97,122)(H,100,105)(H,104,126)(H,106,123)(H,107,124)(H,108,131)(H,109,132)(H,110,125)(H,111,129)(H,112,130)(H,113,128)(H,114,127)/t55-,60+,66-,67-,68-,69-,70-,71-,72-,73-,74-,75-,76-,77?/m0/s1. The van der Waals surface area contributed by atoms with Crippen molar-refractivity contribution in [2.75, 3.05) is 72.5 Å². The zero-order valence-corrected chi connectivity index (χ0v) is 80.1. The molecule has 42 nitrogen and oxygen atoms in total. The van der Waals surface area contributed by atoms with Crippen molar-refractivity contribution in [1.82, 2.24) is 103 Å². The summed E-state index contributed by atoms with van der Waals surface area (Å²) in [6.07, 6.45) is 4.76. The Bertz CT molecular complexity index is 5370. The number of carbonyl (C=O) groups is 17. The number of aliphatic hydroxyl groups excluding tert-OH is 1. The second kappa shape index (κ2) is 52.6. The Morgan fingerprint density at radius 3 is 1.64 bits per heavy atom. The van der Waals surface area contributed by atoms with E-state index in [4.69, 9.17) is 22.9 Å². The van der Waals surface area contributed by atoms with Gasteiger partial charge in [0.05, 0.1) is 38.2 Å². The Kier molecular flexibility index (Phi) is 41.2. The summed E-state index contributed by atoms with van der Waals surface area (Å²) in [4.78, 5) is 270. The Labute approximate surface area is 804 Å². The molecule has 3 aromatic heterocycles. The minimum absolute atomic E-state index is 0.00513. The van der Waals surface area contributed by atoms with E-state index in [0.717, 1.165) is 31.4 Å². The van der Waals surface area contributed by atoms with Crippen molar-refractivity contribution in [1.29, 1.82) is 0 Å². The minimum Gasteiger partial charge on any atom is -0.394 e. The zero-order chi connectivity index (χ0) is 101. The number of nitrogens with two attached hydrogens (primary N) is 4. The summed E-state index contributed by atoms with van der Waals surface area (Å²) in [6, 6.07) is 11.5. The molecule has 5 heterocycles. The van der Waals surface area contributed by atoms with E-state index in [0.29, 0.717) is 75.4 Å². The van der Waals surface area contributed by atoms with Crippen LogP contribution in [0.4, 0.5) is 0 Å². The van der Waals surface area contributed by atoms with Gasteiger partial charge in [0.1, 0.15) is 84.8 Å². The van der Waals surface area contributed by atoms with Gasteiger partial charge in [-0.3, -0.25) is 86.8 Å². The number of unbranched alkanes of at least 4 members (excludes halogenated alkanes) is 2. The molecule has 23 N–H and O–H groups in total.